The van der Waals surface area contributed by atoms with Gasteiger partial charge in [0.25, 0.3) is 11.5 Å². The molecule has 7 rings (SSSR count). The molecule has 5 aliphatic carbocycles. The van der Waals surface area contributed by atoms with Crippen molar-refractivity contribution < 1.29 is 28.8 Å². The van der Waals surface area contributed by atoms with E-state index in [2.05, 4.69) is 21.3 Å². The number of nitrogens with one attached hydrogen (secondary N) is 4. The van der Waals surface area contributed by atoms with E-state index in [4.69, 9.17) is 0 Å². The van der Waals surface area contributed by atoms with Crippen LogP contribution in [0.5, 0.6) is 0 Å². The van der Waals surface area contributed by atoms with E-state index in [1.807, 2.05) is 24.3 Å². The van der Waals surface area contributed by atoms with Gasteiger partial charge in [-0.25, -0.2) is 0 Å². The fourth-order valence-corrected chi connectivity index (χ4v) is 9.37. The van der Waals surface area contributed by atoms with Gasteiger partial charge < -0.3 is 30.7 Å². The molecule has 0 radical (unpaired) electrons. The molecule has 1 aromatic heterocycles. The molecule has 0 saturated heterocycles. The van der Waals surface area contributed by atoms with Crippen molar-refractivity contribution in [3.8, 4) is 0 Å². The minimum absolute atomic E-state index is 0.0600. The van der Waals surface area contributed by atoms with Crippen LogP contribution in [-0.4, -0.2) is 78.0 Å². The monoisotopic (exact) mass is 700 g/mol. The van der Waals surface area contributed by atoms with Crippen LogP contribution in [0.2, 0.25) is 0 Å². The third-order valence-electron chi connectivity index (χ3n) is 11.5. The Hall–Kier alpha value is -4.81. The van der Waals surface area contributed by atoms with Crippen LogP contribution in [0.3, 0.4) is 0 Å². The highest BCUT2D eigenvalue weighted by Gasteiger charge is 2.59. The molecule has 5 amide bonds. The first kappa shape index (κ1) is 36.0. The summed E-state index contributed by atoms with van der Waals surface area (Å²) >= 11 is 0. The highest BCUT2D eigenvalue weighted by Crippen LogP contribution is 2.60. The second-order valence-corrected chi connectivity index (χ2v) is 15.2. The first-order valence-electron chi connectivity index (χ1n) is 18.0. The molecule has 1 aromatic carbocycles. The summed E-state index contributed by atoms with van der Waals surface area (Å²) < 4.78 is 1.22. The molecule has 0 aliphatic heterocycles. The van der Waals surface area contributed by atoms with E-state index >= 15 is 0 Å². The van der Waals surface area contributed by atoms with Crippen molar-refractivity contribution in [1.82, 2.24) is 25.4 Å². The number of rotatable bonds is 12. The van der Waals surface area contributed by atoms with Crippen LogP contribution in [0.15, 0.2) is 47.4 Å². The van der Waals surface area contributed by atoms with Crippen LogP contribution in [0.4, 0.5) is 5.69 Å². The smallest absolute Gasteiger partial charge is 0.287 e. The summed E-state index contributed by atoms with van der Waals surface area (Å²) in [6.45, 7) is -0.256. The molecule has 3 unspecified atom stereocenters. The quantitative estimate of drug-likeness (QED) is 0.243. The standard InChI is InChI=1S/C38H48N6O7/c1-39-35(49)30(45)13-12-28(40-33(47)25-11-10-23-7-4-5-8-24(23)17-25)34(48)41-29-9-6-14-44(36(29)50)21-31(46)42-32-26-15-22-16-27(32)20-38(18-22,19-26)37(51)43(2)3/h4-9,14,22,25-28,32H,10-13,15-21H2,1-3H3,(H,39,49)(H,40,47)(H,41,48)(H,42,46)/t22?,25?,26?,27?,28-,32?,38?/m0/s1. The van der Waals surface area contributed by atoms with E-state index in [0.29, 0.717) is 18.8 Å². The van der Waals surface area contributed by atoms with Crippen molar-refractivity contribution in [3.63, 3.8) is 0 Å². The summed E-state index contributed by atoms with van der Waals surface area (Å²) in [4.78, 5) is 92.9. The van der Waals surface area contributed by atoms with Gasteiger partial charge >= 0.3 is 0 Å². The Morgan fingerprint density at radius 1 is 0.961 bits per heavy atom. The minimum atomic E-state index is -1.20. The number of carbonyl (C=O) groups is 6. The average molecular weight is 701 g/mol. The molecule has 1 heterocycles. The molecular formula is C38H48N6O7. The number of hydrogen-bond donors (Lipinski definition) is 4. The lowest BCUT2D eigenvalue weighted by Crippen LogP contribution is -2.62. The number of pyridine rings is 1. The number of aryl methyl sites for hydroxylation is 1. The molecule has 2 aromatic rings. The zero-order valence-corrected chi connectivity index (χ0v) is 29.5. The Bertz CT molecular complexity index is 1770. The third kappa shape index (κ3) is 7.62. The zero-order chi connectivity index (χ0) is 36.4. The van der Waals surface area contributed by atoms with Crippen LogP contribution in [0, 0.1) is 29.1 Å². The summed E-state index contributed by atoms with van der Waals surface area (Å²) in [5.41, 5.74) is 1.22. The SMILES string of the molecule is CNC(=O)C(=O)CC[C@H](NC(=O)C1CCc2ccccc2C1)C(=O)Nc1cccn(CC(=O)NC2C3CC4CC2CC(C(=O)N(C)C)(C4)C3)c1=O. The van der Waals surface area contributed by atoms with Gasteiger partial charge in [0.2, 0.25) is 29.4 Å². The zero-order valence-electron chi connectivity index (χ0n) is 29.5. The van der Waals surface area contributed by atoms with Gasteiger partial charge in [0.05, 0.1) is 5.41 Å². The second kappa shape index (κ2) is 14.8. The fourth-order valence-electron chi connectivity index (χ4n) is 9.37. The maximum Gasteiger partial charge on any atom is 0.287 e. The molecule has 4 N–H and O–H groups in total. The molecule has 13 heteroatoms. The van der Waals surface area contributed by atoms with Gasteiger partial charge in [-0.05, 0) is 98.8 Å². The molecule has 0 spiro atoms. The maximum absolute atomic E-state index is 13.6. The van der Waals surface area contributed by atoms with Crippen molar-refractivity contribution >= 4 is 41.0 Å². The number of likely N-dealkylation sites (N-methyl/N-ethyl adjacent to an activating group) is 1. The molecule has 4 bridgehead atoms. The van der Waals surface area contributed by atoms with Gasteiger partial charge in [-0.2, -0.15) is 0 Å². The summed E-state index contributed by atoms with van der Waals surface area (Å²) in [5, 5.41) is 10.8. The van der Waals surface area contributed by atoms with Crippen molar-refractivity contribution in [1.29, 1.82) is 0 Å². The first-order valence-corrected chi connectivity index (χ1v) is 18.0. The number of benzene rings is 1. The fraction of sp³-hybridized carbons (Fsp3) is 0.553. The summed E-state index contributed by atoms with van der Waals surface area (Å²) in [7, 11) is 4.94. The summed E-state index contributed by atoms with van der Waals surface area (Å²) in [6, 6.07) is 9.61. The average Bonchev–Trinajstić information content (AvgIpc) is 3.11. The number of carbonyl (C=O) groups excluding carboxylic acids is 6. The first-order chi connectivity index (χ1) is 24.4. The molecule has 5 aliphatic rings. The number of aromatic nitrogens is 1. The molecular weight excluding hydrogens is 652 g/mol. The number of amides is 5. The van der Waals surface area contributed by atoms with E-state index in [1.54, 1.807) is 25.1 Å². The number of nitrogens with zero attached hydrogens (tertiary/aromatic N) is 2. The van der Waals surface area contributed by atoms with Crippen LogP contribution in [0.1, 0.15) is 62.5 Å². The molecule has 13 nitrogen and oxygen atoms in total. The summed E-state index contributed by atoms with van der Waals surface area (Å²) in [6.07, 6.45) is 7.23. The van der Waals surface area contributed by atoms with Crippen molar-refractivity contribution in [2.45, 2.75) is 82.8 Å². The molecule has 4 fully saturated rings. The van der Waals surface area contributed by atoms with Gasteiger partial charge in [-0.1, -0.05) is 24.3 Å². The molecule has 51 heavy (non-hydrogen) atoms. The molecule has 4 atom stereocenters. The Kier molecular flexibility index (Phi) is 10.5. The summed E-state index contributed by atoms with van der Waals surface area (Å²) in [5.74, 6) is -2.22. The number of ketones is 1. The lowest BCUT2D eigenvalue weighted by Gasteiger charge is -2.59. The largest absolute Gasteiger partial charge is 0.353 e. The second-order valence-electron chi connectivity index (χ2n) is 15.2. The van der Waals surface area contributed by atoms with Crippen LogP contribution >= 0.6 is 0 Å². The van der Waals surface area contributed by atoms with Crippen LogP contribution in [-0.2, 0) is 48.2 Å². The van der Waals surface area contributed by atoms with Gasteiger partial charge in [0.1, 0.15) is 18.3 Å². The normalized spacial score (nSPS) is 26.3. The van der Waals surface area contributed by atoms with Crippen LogP contribution in [0.25, 0.3) is 0 Å². The highest BCUT2D eigenvalue weighted by molar-refractivity contribution is 6.36. The van der Waals surface area contributed by atoms with Crippen molar-refractivity contribution in [2.75, 3.05) is 26.5 Å². The van der Waals surface area contributed by atoms with Gasteiger partial charge in [0, 0.05) is 45.7 Å². The molecule has 4 saturated carbocycles. The Morgan fingerprint density at radius 2 is 1.67 bits per heavy atom. The number of anilines is 1. The topological polar surface area (TPSA) is 176 Å². The van der Waals surface area contributed by atoms with Gasteiger partial charge in [-0.15, -0.1) is 0 Å². The third-order valence-corrected chi connectivity index (χ3v) is 11.5. The lowest BCUT2D eigenvalue weighted by molar-refractivity contribution is -0.158. The predicted octanol–water partition coefficient (Wildman–Crippen LogP) is 1.57. The number of Topliss-reactive ketones (excluding diaryl/α,β-unsaturated/α-hetero) is 1. The Labute approximate surface area is 297 Å². The van der Waals surface area contributed by atoms with E-state index in [0.717, 1.165) is 44.1 Å². The maximum atomic E-state index is 13.6. The van der Waals surface area contributed by atoms with Crippen molar-refractivity contribution in [3.05, 3.63) is 64.1 Å². The minimum Gasteiger partial charge on any atom is -0.353 e. The lowest BCUT2D eigenvalue weighted by atomic mass is 9.47. The molecule has 272 valence electrons. The number of fused-ring (bicyclic) bond motifs is 1. The van der Waals surface area contributed by atoms with E-state index in [-0.39, 0.29) is 72.0 Å². The van der Waals surface area contributed by atoms with Crippen LogP contribution < -0.4 is 26.8 Å². The highest BCUT2D eigenvalue weighted by atomic mass is 16.2. The van der Waals surface area contributed by atoms with Crippen molar-refractivity contribution in [2.24, 2.45) is 29.1 Å². The Balaban J connectivity index is 1.11. The Morgan fingerprint density at radius 3 is 2.35 bits per heavy atom. The predicted molar refractivity (Wildman–Crippen MR) is 188 cm³/mol. The number of hydrogen-bond acceptors (Lipinski definition) is 7. The van der Waals surface area contributed by atoms with E-state index < -0.39 is 29.2 Å². The van der Waals surface area contributed by atoms with Gasteiger partial charge in [-0.3, -0.25) is 33.6 Å². The van der Waals surface area contributed by atoms with E-state index in [1.165, 1.54) is 29.4 Å². The van der Waals surface area contributed by atoms with Gasteiger partial charge in [0.15, 0.2) is 0 Å². The van der Waals surface area contributed by atoms with E-state index in [9.17, 15) is 33.6 Å².